The van der Waals surface area contributed by atoms with E-state index in [9.17, 15) is 4.79 Å². The predicted molar refractivity (Wildman–Crippen MR) is 155 cm³/mol. The van der Waals surface area contributed by atoms with Gasteiger partial charge in [0.05, 0.1) is 19.3 Å². The normalized spacial score (nSPS) is 15.3. The van der Waals surface area contributed by atoms with E-state index in [-0.39, 0.29) is 11.8 Å². The van der Waals surface area contributed by atoms with Gasteiger partial charge in [-0.05, 0) is 65.4 Å². The lowest BCUT2D eigenvalue weighted by atomic mass is 9.88. The number of benzene rings is 3. The summed E-state index contributed by atoms with van der Waals surface area (Å²) in [4.78, 5) is 15.8. The van der Waals surface area contributed by atoms with E-state index in [0.29, 0.717) is 18.9 Å². The lowest BCUT2D eigenvalue weighted by Gasteiger charge is -2.30. The van der Waals surface area contributed by atoms with Crippen molar-refractivity contribution < 1.29 is 14.3 Å². The molecule has 0 unspecified atom stereocenters. The van der Waals surface area contributed by atoms with Crippen molar-refractivity contribution in [3.8, 4) is 16.9 Å². The molecule has 5 rings (SSSR count). The highest BCUT2D eigenvalue weighted by molar-refractivity contribution is 5.95. The Hall–Kier alpha value is -3.99. The molecular formula is C33H36N2O3. The van der Waals surface area contributed by atoms with Crippen molar-refractivity contribution >= 4 is 23.4 Å². The monoisotopic (exact) mass is 508 g/mol. The van der Waals surface area contributed by atoms with Crippen LogP contribution in [0.5, 0.6) is 5.75 Å². The maximum Gasteiger partial charge on any atom is 0.230 e. The molecule has 0 radical (unpaired) electrons. The number of amides is 1. The molecule has 1 saturated carbocycles. The summed E-state index contributed by atoms with van der Waals surface area (Å²) in [5.74, 6) is 1.78. The molecule has 5 nitrogen and oxygen atoms in total. The minimum Gasteiger partial charge on any atom is -0.497 e. The van der Waals surface area contributed by atoms with Gasteiger partial charge in [0, 0.05) is 18.2 Å². The molecule has 38 heavy (non-hydrogen) atoms. The molecule has 3 aromatic carbocycles. The summed E-state index contributed by atoms with van der Waals surface area (Å²) < 4.78 is 11.0. The Morgan fingerprint density at radius 1 is 1.05 bits per heavy atom. The van der Waals surface area contributed by atoms with Crippen molar-refractivity contribution in [3.63, 3.8) is 0 Å². The number of hydrogen-bond donors (Lipinski definition) is 1. The fourth-order valence-electron chi connectivity index (χ4n) is 5.22. The third-order valence-corrected chi connectivity index (χ3v) is 7.41. The Labute approximate surface area is 225 Å². The quantitative estimate of drug-likeness (QED) is 0.254. The van der Waals surface area contributed by atoms with Crippen LogP contribution in [-0.4, -0.2) is 26.2 Å². The number of ether oxygens (including phenoxy) is 2. The molecule has 1 heterocycles. The number of rotatable bonds is 8. The van der Waals surface area contributed by atoms with Crippen LogP contribution < -0.4 is 15.0 Å². The highest BCUT2D eigenvalue weighted by atomic mass is 16.5. The van der Waals surface area contributed by atoms with Crippen LogP contribution in [0.2, 0.25) is 0 Å². The number of allylic oxidation sites excluding steroid dienone is 1. The Morgan fingerprint density at radius 2 is 1.84 bits per heavy atom. The molecule has 5 heteroatoms. The highest BCUT2D eigenvalue weighted by Gasteiger charge is 2.27. The number of anilines is 2. The van der Waals surface area contributed by atoms with Crippen LogP contribution in [0.25, 0.3) is 17.2 Å². The van der Waals surface area contributed by atoms with Crippen molar-refractivity contribution in [2.24, 2.45) is 5.92 Å². The highest BCUT2D eigenvalue weighted by Crippen LogP contribution is 2.33. The molecule has 1 aliphatic carbocycles. The van der Waals surface area contributed by atoms with Crippen molar-refractivity contribution in [1.29, 1.82) is 0 Å². The van der Waals surface area contributed by atoms with Gasteiger partial charge in [0.1, 0.15) is 18.1 Å². The zero-order valence-electron chi connectivity index (χ0n) is 22.1. The Morgan fingerprint density at radius 3 is 2.63 bits per heavy atom. The number of hydrogen-bond acceptors (Lipinski definition) is 4. The lowest BCUT2D eigenvalue weighted by molar-refractivity contribution is -0.123. The van der Waals surface area contributed by atoms with Crippen LogP contribution in [-0.2, 0) is 16.1 Å². The minimum absolute atomic E-state index is 0.0830. The van der Waals surface area contributed by atoms with E-state index in [1.165, 1.54) is 6.42 Å². The van der Waals surface area contributed by atoms with Crippen LogP contribution in [0.15, 0.2) is 85.1 Å². The summed E-state index contributed by atoms with van der Waals surface area (Å²) in [6.07, 6.45) is 9.21. The summed E-state index contributed by atoms with van der Waals surface area (Å²) in [5, 5.41) is 3.37. The van der Waals surface area contributed by atoms with Gasteiger partial charge in [0.15, 0.2) is 0 Å². The summed E-state index contributed by atoms with van der Waals surface area (Å²) in [7, 11) is 1.61. The Balaban J connectivity index is 1.39. The van der Waals surface area contributed by atoms with Gasteiger partial charge < -0.3 is 19.7 Å². The van der Waals surface area contributed by atoms with E-state index in [2.05, 4.69) is 60.4 Å². The molecule has 196 valence electrons. The lowest BCUT2D eigenvalue weighted by Crippen LogP contribution is -2.36. The molecule has 3 aromatic rings. The van der Waals surface area contributed by atoms with Crippen LogP contribution in [0.3, 0.4) is 0 Å². The summed E-state index contributed by atoms with van der Waals surface area (Å²) in [6, 6.07) is 22.9. The third-order valence-electron chi connectivity index (χ3n) is 7.41. The number of fused-ring (bicyclic) bond motifs is 1. The largest absolute Gasteiger partial charge is 0.497 e. The van der Waals surface area contributed by atoms with Crippen molar-refractivity contribution in [2.75, 3.05) is 30.5 Å². The van der Waals surface area contributed by atoms with Crippen LogP contribution in [0.4, 0.5) is 11.4 Å². The van der Waals surface area contributed by atoms with Crippen molar-refractivity contribution in [1.82, 2.24) is 0 Å². The summed E-state index contributed by atoms with van der Waals surface area (Å²) in [6.45, 7) is 5.90. The van der Waals surface area contributed by atoms with Crippen LogP contribution in [0.1, 0.15) is 43.2 Å². The van der Waals surface area contributed by atoms with Crippen molar-refractivity contribution in [3.05, 3.63) is 96.3 Å². The van der Waals surface area contributed by atoms with E-state index in [1.54, 1.807) is 7.11 Å². The van der Waals surface area contributed by atoms with Gasteiger partial charge in [-0.2, -0.15) is 0 Å². The fourth-order valence-corrected chi connectivity index (χ4v) is 5.22. The zero-order chi connectivity index (χ0) is 26.3. The maximum atomic E-state index is 13.8. The van der Waals surface area contributed by atoms with Gasteiger partial charge in [-0.1, -0.05) is 74.4 Å². The first-order chi connectivity index (χ1) is 18.6. The first-order valence-corrected chi connectivity index (χ1v) is 13.5. The second-order valence-corrected chi connectivity index (χ2v) is 10.0. The molecule has 1 amide bonds. The SMILES string of the molecule is C=C(/C=C/c1cccc(N(Cc2ccc(-c3ccc4c(c3)OCCN4)cc2)C(=O)C2CCCCC2)c1)OC. The molecule has 2 aliphatic rings. The smallest absolute Gasteiger partial charge is 0.230 e. The Bertz CT molecular complexity index is 1310. The van der Waals surface area contributed by atoms with E-state index in [4.69, 9.17) is 9.47 Å². The van der Waals surface area contributed by atoms with E-state index in [1.807, 2.05) is 35.3 Å². The fraction of sp³-hybridized carbons (Fsp3) is 0.303. The third kappa shape index (κ3) is 6.10. The van der Waals surface area contributed by atoms with Crippen LogP contribution >= 0.6 is 0 Å². The van der Waals surface area contributed by atoms with Gasteiger partial charge >= 0.3 is 0 Å². The van der Waals surface area contributed by atoms with Gasteiger partial charge in [0.2, 0.25) is 5.91 Å². The van der Waals surface area contributed by atoms with E-state index in [0.717, 1.165) is 71.6 Å². The first-order valence-electron chi connectivity index (χ1n) is 13.5. The number of methoxy groups -OCH3 is 1. The standard InChI is InChI=1S/C33H36N2O3/c1-24(37-2)11-12-25-7-6-10-30(21-25)35(33(36)28-8-4-3-5-9-28)23-26-13-15-27(16-14-26)29-17-18-31-32(22-29)38-20-19-34-31/h6-7,10-18,21-22,28,34H,1,3-5,8-9,19-20,23H2,2H3/b12-11+. The number of carbonyl (C=O) groups excluding carboxylic acids is 1. The van der Waals surface area contributed by atoms with Gasteiger partial charge in [0.25, 0.3) is 0 Å². The van der Waals surface area contributed by atoms with Gasteiger partial charge in [-0.15, -0.1) is 0 Å². The molecular weight excluding hydrogens is 472 g/mol. The number of nitrogens with one attached hydrogen (secondary N) is 1. The zero-order valence-corrected chi connectivity index (χ0v) is 22.1. The molecule has 0 saturated heterocycles. The predicted octanol–water partition coefficient (Wildman–Crippen LogP) is 7.44. The van der Waals surface area contributed by atoms with Gasteiger partial charge in [-0.3, -0.25) is 4.79 Å². The molecule has 0 spiro atoms. The summed E-state index contributed by atoms with van der Waals surface area (Å²) in [5.41, 5.74) is 6.29. The average molecular weight is 509 g/mol. The molecule has 0 aromatic heterocycles. The topological polar surface area (TPSA) is 50.8 Å². The second-order valence-electron chi connectivity index (χ2n) is 10.0. The molecule has 0 atom stereocenters. The maximum absolute atomic E-state index is 13.8. The molecule has 0 bridgehead atoms. The van der Waals surface area contributed by atoms with Crippen LogP contribution in [0, 0.1) is 5.92 Å². The minimum atomic E-state index is 0.0830. The van der Waals surface area contributed by atoms with E-state index < -0.39 is 0 Å². The molecule has 1 N–H and O–H groups in total. The van der Waals surface area contributed by atoms with E-state index >= 15 is 0 Å². The Kier molecular flexibility index (Phi) is 8.12. The van der Waals surface area contributed by atoms with Crippen molar-refractivity contribution in [2.45, 2.75) is 38.6 Å². The average Bonchev–Trinajstić information content (AvgIpc) is 2.99. The molecule has 1 aliphatic heterocycles. The van der Waals surface area contributed by atoms with Gasteiger partial charge in [-0.25, -0.2) is 0 Å². The number of carbonyl (C=O) groups is 1. The molecule has 1 fully saturated rings. The number of nitrogens with zero attached hydrogens (tertiary/aromatic N) is 1. The summed E-state index contributed by atoms with van der Waals surface area (Å²) >= 11 is 0. The first kappa shape index (κ1) is 25.7. The second kappa shape index (κ2) is 12.0.